The Bertz CT molecular complexity index is 934. The number of nitrogens with one attached hydrogen (secondary N) is 1. The van der Waals surface area contributed by atoms with Crippen molar-refractivity contribution < 1.29 is 9.53 Å². The first-order chi connectivity index (χ1) is 12.7. The fourth-order valence-electron chi connectivity index (χ4n) is 3.31. The third-order valence-corrected chi connectivity index (χ3v) is 4.76. The number of rotatable bonds is 5. The molecule has 2 heterocycles. The number of aromatic nitrogens is 3. The number of nitrogens with zero attached hydrogens (tertiary/aromatic N) is 3. The second kappa shape index (κ2) is 7.15. The number of fused-ring (bicyclic) bond motifs is 2. The van der Waals surface area contributed by atoms with E-state index in [9.17, 15) is 4.79 Å². The van der Waals surface area contributed by atoms with Gasteiger partial charge in [0.05, 0.1) is 6.54 Å². The number of carbonyl (C=O) groups is 1. The molecule has 6 heteroatoms. The summed E-state index contributed by atoms with van der Waals surface area (Å²) in [6.45, 7) is 3.05. The van der Waals surface area contributed by atoms with Crippen molar-refractivity contribution in [3.8, 4) is 5.75 Å². The van der Waals surface area contributed by atoms with Crippen molar-refractivity contribution in [3.63, 3.8) is 0 Å². The van der Waals surface area contributed by atoms with Gasteiger partial charge in [0.2, 0.25) is 0 Å². The molecule has 26 heavy (non-hydrogen) atoms. The third-order valence-electron chi connectivity index (χ3n) is 4.76. The van der Waals surface area contributed by atoms with Crippen LogP contribution in [0.3, 0.4) is 0 Å². The van der Waals surface area contributed by atoms with Crippen LogP contribution in [-0.4, -0.2) is 26.8 Å². The van der Waals surface area contributed by atoms with Crippen LogP contribution in [-0.2, 0) is 24.3 Å². The van der Waals surface area contributed by atoms with Gasteiger partial charge in [0.25, 0.3) is 5.91 Å². The summed E-state index contributed by atoms with van der Waals surface area (Å²) in [5, 5.41) is 13.6. The number of hydrogen-bond donors (Lipinski definition) is 1. The normalized spacial score (nSPS) is 14.7. The Hall–Kier alpha value is -2.89. The van der Waals surface area contributed by atoms with E-state index in [4.69, 9.17) is 4.74 Å². The van der Waals surface area contributed by atoms with E-state index in [1.54, 1.807) is 6.92 Å². The zero-order valence-corrected chi connectivity index (χ0v) is 14.8. The summed E-state index contributed by atoms with van der Waals surface area (Å²) in [5.74, 6) is 2.35. The van der Waals surface area contributed by atoms with Crippen molar-refractivity contribution in [1.29, 1.82) is 0 Å². The standard InChI is InChI=1S/C20H22N4O2/c1-14(26-17-10-9-15-6-2-3-7-16(15)12-17)20(25)21-13-19-23-22-18-8-4-5-11-24(18)19/h2-3,6-7,9-10,12,14H,4-5,8,11,13H2,1H3,(H,21,25)/t14-/m1/s1. The number of aryl methyl sites for hydroxylation is 1. The van der Waals surface area contributed by atoms with Crippen LogP contribution >= 0.6 is 0 Å². The van der Waals surface area contributed by atoms with Crippen LogP contribution in [0.2, 0.25) is 0 Å². The molecule has 0 saturated heterocycles. The average Bonchev–Trinajstić information content (AvgIpc) is 3.09. The lowest BCUT2D eigenvalue weighted by atomic mass is 10.1. The van der Waals surface area contributed by atoms with E-state index >= 15 is 0 Å². The molecular formula is C20H22N4O2. The highest BCUT2D eigenvalue weighted by atomic mass is 16.5. The minimum absolute atomic E-state index is 0.161. The molecule has 4 rings (SSSR count). The maximum Gasteiger partial charge on any atom is 0.261 e. The molecule has 3 aromatic rings. The van der Waals surface area contributed by atoms with Crippen LogP contribution in [0.4, 0.5) is 0 Å². The van der Waals surface area contributed by atoms with E-state index in [1.807, 2.05) is 36.4 Å². The second-order valence-corrected chi connectivity index (χ2v) is 6.63. The van der Waals surface area contributed by atoms with E-state index < -0.39 is 6.10 Å². The van der Waals surface area contributed by atoms with Gasteiger partial charge in [-0.15, -0.1) is 10.2 Å². The lowest BCUT2D eigenvalue weighted by Gasteiger charge is -2.17. The summed E-state index contributed by atoms with van der Waals surface area (Å²) in [6.07, 6.45) is 2.66. The quantitative estimate of drug-likeness (QED) is 0.768. The number of benzene rings is 2. The van der Waals surface area contributed by atoms with E-state index in [0.29, 0.717) is 12.3 Å². The van der Waals surface area contributed by atoms with Gasteiger partial charge in [-0.3, -0.25) is 4.79 Å². The Kier molecular flexibility index (Phi) is 4.56. The van der Waals surface area contributed by atoms with Gasteiger partial charge in [0, 0.05) is 13.0 Å². The second-order valence-electron chi connectivity index (χ2n) is 6.63. The maximum atomic E-state index is 12.4. The summed E-state index contributed by atoms with van der Waals surface area (Å²) >= 11 is 0. The lowest BCUT2D eigenvalue weighted by molar-refractivity contribution is -0.127. The third kappa shape index (κ3) is 3.40. The summed E-state index contributed by atoms with van der Waals surface area (Å²) in [7, 11) is 0. The minimum atomic E-state index is -0.583. The molecule has 134 valence electrons. The van der Waals surface area contributed by atoms with Gasteiger partial charge in [-0.05, 0) is 42.7 Å². The van der Waals surface area contributed by atoms with Gasteiger partial charge in [-0.1, -0.05) is 30.3 Å². The van der Waals surface area contributed by atoms with Crippen molar-refractivity contribution in [2.45, 2.75) is 45.4 Å². The maximum absolute atomic E-state index is 12.4. The van der Waals surface area contributed by atoms with Gasteiger partial charge < -0.3 is 14.6 Å². The lowest BCUT2D eigenvalue weighted by Crippen LogP contribution is -2.36. The average molecular weight is 350 g/mol. The van der Waals surface area contributed by atoms with Crippen molar-refractivity contribution in [2.75, 3.05) is 0 Å². The van der Waals surface area contributed by atoms with Gasteiger partial charge in [0.1, 0.15) is 11.6 Å². The Morgan fingerprint density at radius 3 is 2.92 bits per heavy atom. The molecule has 1 aliphatic rings. The first kappa shape index (κ1) is 16.6. The van der Waals surface area contributed by atoms with E-state index in [-0.39, 0.29) is 5.91 Å². The topological polar surface area (TPSA) is 69.0 Å². The molecule has 0 radical (unpaired) electrons. The molecule has 0 unspecified atom stereocenters. The molecule has 0 spiro atoms. The molecule has 6 nitrogen and oxygen atoms in total. The number of ether oxygens (including phenoxy) is 1. The molecule has 1 N–H and O–H groups in total. The largest absolute Gasteiger partial charge is 0.481 e. The number of amides is 1. The zero-order valence-electron chi connectivity index (χ0n) is 14.8. The molecule has 0 bridgehead atoms. The van der Waals surface area contributed by atoms with E-state index in [0.717, 1.165) is 48.2 Å². The molecule has 0 aliphatic carbocycles. The zero-order chi connectivity index (χ0) is 17.9. The highest BCUT2D eigenvalue weighted by Gasteiger charge is 2.18. The SMILES string of the molecule is C[C@@H](Oc1ccc2ccccc2c1)C(=O)NCc1nnc2n1CCCC2. The smallest absolute Gasteiger partial charge is 0.261 e. The van der Waals surface area contributed by atoms with E-state index in [1.165, 1.54) is 0 Å². The molecule has 0 fully saturated rings. The molecule has 1 amide bonds. The summed E-state index contributed by atoms with van der Waals surface area (Å²) in [5.41, 5.74) is 0. The van der Waals surface area contributed by atoms with Gasteiger partial charge in [-0.2, -0.15) is 0 Å². The summed E-state index contributed by atoms with van der Waals surface area (Å²) in [4.78, 5) is 12.4. The molecule has 0 saturated carbocycles. The van der Waals surface area contributed by atoms with Crippen LogP contribution in [0.5, 0.6) is 5.75 Å². The fourth-order valence-corrected chi connectivity index (χ4v) is 3.31. The molecule has 1 aliphatic heterocycles. The van der Waals surface area contributed by atoms with Gasteiger partial charge >= 0.3 is 0 Å². The Morgan fingerprint density at radius 1 is 1.19 bits per heavy atom. The van der Waals surface area contributed by atoms with Crippen LogP contribution in [0.15, 0.2) is 42.5 Å². The van der Waals surface area contributed by atoms with Crippen molar-refractivity contribution in [2.24, 2.45) is 0 Å². The monoisotopic (exact) mass is 350 g/mol. The predicted octanol–water partition coefficient (Wildman–Crippen LogP) is 2.85. The fraction of sp³-hybridized carbons (Fsp3) is 0.350. The highest BCUT2D eigenvalue weighted by molar-refractivity contribution is 5.84. The molecule has 1 atom stereocenters. The molecule has 1 aromatic heterocycles. The molecule has 2 aromatic carbocycles. The van der Waals surface area contributed by atoms with Crippen LogP contribution < -0.4 is 10.1 Å². The number of hydrogen-bond acceptors (Lipinski definition) is 4. The molecular weight excluding hydrogens is 328 g/mol. The van der Waals surface area contributed by atoms with Crippen LogP contribution in [0, 0.1) is 0 Å². The van der Waals surface area contributed by atoms with Crippen molar-refractivity contribution in [3.05, 3.63) is 54.1 Å². The summed E-state index contributed by atoms with van der Waals surface area (Å²) < 4.78 is 7.92. The highest BCUT2D eigenvalue weighted by Crippen LogP contribution is 2.21. The van der Waals surface area contributed by atoms with Crippen molar-refractivity contribution >= 4 is 16.7 Å². The first-order valence-corrected chi connectivity index (χ1v) is 9.05. The minimum Gasteiger partial charge on any atom is -0.481 e. The van der Waals surface area contributed by atoms with Crippen molar-refractivity contribution in [1.82, 2.24) is 20.1 Å². The Morgan fingerprint density at radius 2 is 2.04 bits per heavy atom. The Labute approximate surface area is 152 Å². The van der Waals surface area contributed by atoms with Gasteiger partial charge in [-0.25, -0.2) is 0 Å². The first-order valence-electron chi connectivity index (χ1n) is 9.05. The van der Waals surface area contributed by atoms with Crippen LogP contribution in [0.1, 0.15) is 31.4 Å². The summed E-state index contributed by atoms with van der Waals surface area (Å²) in [6, 6.07) is 13.9. The van der Waals surface area contributed by atoms with Crippen LogP contribution in [0.25, 0.3) is 10.8 Å². The van der Waals surface area contributed by atoms with E-state index in [2.05, 4.69) is 26.1 Å². The Balaban J connectivity index is 1.37. The number of carbonyl (C=O) groups excluding carboxylic acids is 1. The predicted molar refractivity (Wildman–Crippen MR) is 98.8 cm³/mol. The van der Waals surface area contributed by atoms with Gasteiger partial charge in [0.15, 0.2) is 11.9 Å².